The molecule has 0 bridgehead atoms. The molecule has 6 heteroatoms. The number of aromatic nitrogens is 1. The molecule has 3 rings (SSSR count). The monoisotopic (exact) mass is 313 g/mol. The number of carbonyl (C=O) groups is 2. The summed E-state index contributed by atoms with van der Waals surface area (Å²) in [5.41, 5.74) is 0.227. The second kappa shape index (κ2) is 6.56. The van der Waals surface area contributed by atoms with E-state index in [-0.39, 0.29) is 17.2 Å². The van der Waals surface area contributed by atoms with Crippen molar-refractivity contribution >= 4 is 18.0 Å². The fraction of sp³-hybridized carbons (Fsp3) is 0.235. The molecule has 0 radical (unpaired) electrons. The maximum absolute atomic E-state index is 13.9. The summed E-state index contributed by atoms with van der Waals surface area (Å²) in [6, 6.07) is 9.45. The largest absolute Gasteiger partial charge is 0.365 e. The molecule has 1 aromatic carbocycles. The van der Waals surface area contributed by atoms with E-state index >= 15 is 0 Å². The number of nitrogens with zero attached hydrogens (tertiary/aromatic N) is 2. The number of rotatable bonds is 4. The first kappa shape index (κ1) is 15.1. The molecule has 1 aromatic heterocycles. The van der Waals surface area contributed by atoms with Gasteiger partial charge >= 0.3 is 0 Å². The maximum atomic E-state index is 13.9. The fourth-order valence-electron chi connectivity index (χ4n) is 2.67. The van der Waals surface area contributed by atoms with Gasteiger partial charge in [0.1, 0.15) is 17.9 Å². The Bertz CT molecular complexity index is 721. The van der Waals surface area contributed by atoms with E-state index in [2.05, 4.69) is 10.3 Å². The second-order valence-electron chi connectivity index (χ2n) is 5.45. The Morgan fingerprint density at radius 1 is 1.35 bits per heavy atom. The van der Waals surface area contributed by atoms with E-state index in [9.17, 15) is 14.0 Å². The highest BCUT2D eigenvalue weighted by atomic mass is 19.1. The lowest BCUT2D eigenvalue weighted by molar-refractivity contribution is 0.0787. The molecular formula is C17H16FN3O2. The molecule has 5 nitrogen and oxygen atoms in total. The van der Waals surface area contributed by atoms with Gasteiger partial charge in [-0.1, -0.05) is 6.07 Å². The maximum Gasteiger partial charge on any atom is 0.256 e. The van der Waals surface area contributed by atoms with Crippen LogP contribution in [-0.2, 0) is 0 Å². The van der Waals surface area contributed by atoms with Gasteiger partial charge in [-0.25, -0.2) is 9.37 Å². The predicted octanol–water partition coefficient (Wildman–Crippen LogP) is 2.36. The van der Waals surface area contributed by atoms with E-state index in [4.69, 9.17) is 0 Å². The molecule has 2 heterocycles. The predicted molar refractivity (Wildman–Crippen MR) is 84.0 cm³/mol. The van der Waals surface area contributed by atoms with Crippen LogP contribution < -0.4 is 5.32 Å². The van der Waals surface area contributed by atoms with Crippen molar-refractivity contribution in [1.82, 2.24) is 9.88 Å². The number of halogens is 1. The first-order chi connectivity index (χ1) is 11.2. The molecule has 1 aliphatic heterocycles. The van der Waals surface area contributed by atoms with Gasteiger partial charge in [-0.15, -0.1) is 0 Å². The molecular weight excluding hydrogens is 297 g/mol. The number of hydrogen-bond acceptors (Lipinski definition) is 4. The topological polar surface area (TPSA) is 62.3 Å². The second-order valence-corrected chi connectivity index (χ2v) is 5.45. The van der Waals surface area contributed by atoms with Crippen LogP contribution in [0.2, 0.25) is 0 Å². The van der Waals surface area contributed by atoms with Crippen LogP contribution in [-0.4, -0.2) is 41.2 Å². The smallest absolute Gasteiger partial charge is 0.256 e. The van der Waals surface area contributed by atoms with Crippen LogP contribution in [0.4, 0.5) is 10.2 Å². The molecule has 1 fully saturated rings. The van der Waals surface area contributed by atoms with Gasteiger partial charge in [0.05, 0.1) is 5.56 Å². The van der Waals surface area contributed by atoms with Gasteiger partial charge in [0.25, 0.3) is 5.91 Å². The average molecular weight is 313 g/mol. The van der Waals surface area contributed by atoms with E-state index in [1.807, 2.05) is 18.2 Å². The summed E-state index contributed by atoms with van der Waals surface area (Å²) in [5, 5.41) is 3.26. The summed E-state index contributed by atoms with van der Waals surface area (Å²) in [7, 11) is 0. The molecule has 0 spiro atoms. The van der Waals surface area contributed by atoms with E-state index < -0.39 is 11.7 Å². The lowest BCUT2D eigenvalue weighted by Gasteiger charge is -2.18. The third-order valence-corrected chi connectivity index (χ3v) is 3.85. The number of hydrogen-bond donors (Lipinski definition) is 1. The standard InChI is InChI=1S/C17H16FN3O2/c18-15-5-4-12(11-22)9-14(15)17(23)21-8-6-13(10-21)20-16-3-1-2-7-19-16/h1-5,7,9,11,13H,6,8,10H2,(H,19,20). The zero-order valence-electron chi connectivity index (χ0n) is 12.4. The highest BCUT2D eigenvalue weighted by molar-refractivity contribution is 5.96. The van der Waals surface area contributed by atoms with Crippen molar-refractivity contribution in [3.63, 3.8) is 0 Å². The highest BCUT2D eigenvalue weighted by Gasteiger charge is 2.28. The summed E-state index contributed by atoms with van der Waals surface area (Å²) in [6.07, 6.45) is 3.06. The Labute approximate surface area is 133 Å². The van der Waals surface area contributed by atoms with Gasteiger partial charge in [-0.2, -0.15) is 0 Å². The van der Waals surface area contributed by atoms with Crippen LogP contribution in [0.1, 0.15) is 27.1 Å². The molecule has 118 valence electrons. The molecule has 23 heavy (non-hydrogen) atoms. The number of nitrogens with one attached hydrogen (secondary N) is 1. The van der Waals surface area contributed by atoms with E-state index in [0.717, 1.165) is 18.3 Å². The normalized spacial score (nSPS) is 17.1. The van der Waals surface area contributed by atoms with Crippen LogP contribution in [0.25, 0.3) is 0 Å². The van der Waals surface area contributed by atoms with Crippen LogP contribution in [0.3, 0.4) is 0 Å². The lowest BCUT2D eigenvalue weighted by atomic mass is 10.1. The van der Waals surface area contributed by atoms with Gasteiger partial charge in [0.15, 0.2) is 0 Å². The van der Waals surface area contributed by atoms with Gasteiger partial charge in [-0.3, -0.25) is 9.59 Å². The molecule has 1 amide bonds. The molecule has 1 N–H and O–H groups in total. The SMILES string of the molecule is O=Cc1ccc(F)c(C(=O)N2CCC(Nc3ccccn3)C2)c1. The quantitative estimate of drug-likeness (QED) is 0.880. The van der Waals surface area contributed by atoms with Gasteiger partial charge in [0.2, 0.25) is 0 Å². The van der Waals surface area contributed by atoms with E-state index in [1.54, 1.807) is 11.1 Å². The van der Waals surface area contributed by atoms with Crippen molar-refractivity contribution in [2.75, 3.05) is 18.4 Å². The van der Waals surface area contributed by atoms with Gasteiger partial charge < -0.3 is 10.2 Å². The number of benzene rings is 1. The Morgan fingerprint density at radius 3 is 2.96 bits per heavy atom. The molecule has 1 saturated heterocycles. The van der Waals surface area contributed by atoms with E-state index in [0.29, 0.717) is 19.4 Å². The summed E-state index contributed by atoms with van der Waals surface area (Å²) >= 11 is 0. The van der Waals surface area contributed by atoms with Crippen molar-refractivity contribution in [2.24, 2.45) is 0 Å². The molecule has 1 aliphatic rings. The van der Waals surface area contributed by atoms with Gasteiger partial charge in [-0.05, 0) is 36.8 Å². The van der Waals surface area contributed by atoms with Crippen molar-refractivity contribution in [1.29, 1.82) is 0 Å². The minimum Gasteiger partial charge on any atom is -0.365 e. The minimum atomic E-state index is -0.610. The zero-order valence-corrected chi connectivity index (χ0v) is 12.4. The summed E-state index contributed by atoms with van der Waals surface area (Å²) in [6.45, 7) is 1.01. The van der Waals surface area contributed by atoms with Crippen LogP contribution in [0.15, 0.2) is 42.6 Å². The third kappa shape index (κ3) is 3.36. The molecule has 0 aliphatic carbocycles. The van der Waals surface area contributed by atoms with Crippen molar-refractivity contribution in [2.45, 2.75) is 12.5 Å². The van der Waals surface area contributed by atoms with E-state index in [1.165, 1.54) is 12.1 Å². The third-order valence-electron chi connectivity index (χ3n) is 3.85. The summed E-state index contributed by atoms with van der Waals surface area (Å²) in [4.78, 5) is 29.0. The Kier molecular flexibility index (Phi) is 4.32. The van der Waals surface area contributed by atoms with Crippen molar-refractivity contribution in [3.05, 3.63) is 59.5 Å². The molecule has 1 atom stereocenters. The van der Waals surface area contributed by atoms with Gasteiger partial charge in [0, 0.05) is 30.9 Å². The first-order valence-corrected chi connectivity index (χ1v) is 7.39. The summed E-state index contributed by atoms with van der Waals surface area (Å²) < 4.78 is 13.9. The average Bonchev–Trinajstić information content (AvgIpc) is 3.04. The number of carbonyl (C=O) groups excluding carboxylic acids is 2. The number of aldehydes is 1. The Balaban J connectivity index is 1.69. The number of anilines is 1. The zero-order chi connectivity index (χ0) is 16.2. The number of likely N-dealkylation sites (tertiary alicyclic amines) is 1. The minimum absolute atomic E-state index is 0.0620. The Morgan fingerprint density at radius 2 is 2.22 bits per heavy atom. The Hall–Kier alpha value is -2.76. The molecule has 2 aromatic rings. The van der Waals surface area contributed by atoms with Crippen LogP contribution >= 0.6 is 0 Å². The van der Waals surface area contributed by atoms with Crippen molar-refractivity contribution < 1.29 is 14.0 Å². The van der Waals surface area contributed by atoms with Crippen LogP contribution in [0.5, 0.6) is 0 Å². The first-order valence-electron chi connectivity index (χ1n) is 7.39. The lowest BCUT2D eigenvalue weighted by Crippen LogP contribution is -2.32. The molecule has 1 unspecified atom stereocenters. The van der Waals surface area contributed by atoms with Crippen LogP contribution in [0, 0.1) is 5.82 Å². The number of amides is 1. The highest BCUT2D eigenvalue weighted by Crippen LogP contribution is 2.19. The van der Waals surface area contributed by atoms with Crippen molar-refractivity contribution in [3.8, 4) is 0 Å². The number of pyridine rings is 1. The fourth-order valence-corrected chi connectivity index (χ4v) is 2.67. The molecule has 0 saturated carbocycles. The summed E-state index contributed by atoms with van der Waals surface area (Å²) in [5.74, 6) is -0.251.